The van der Waals surface area contributed by atoms with Crippen LogP contribution in [0.2, 0.25) is 0 Å². The lowest BCUT2D eigenvalue weighted by molar-refractivity contribution is -0.302. The van der Waals surface area contributed by atoms with Gasteiger partial charge in [-0.15, -0.1) is 0 Å². The minimum atomic E-state index is -1.57. The van der Waals surface area contributed by atoms with Gasteiger partial charge in [-0.25, -0.2) is 0 Å². The molecule has 0 aromatic rings. The molecule has 398 valence electrons. The van der Waals surface area contributed by atoms with Crippen LogP contribution in [0.3, 0.4) is 0 Å². The van der Waals surface area contributed by atoms with E-state index in [-0.39, 0.29) is 12.5 Å². The number of ether oxygens (including phenoxy) is 2. The molecule has 68 heavy (non-hydrogen) atoms. The molecular weight excluding hydrogens is 851 g/mol. The first-order valence-electron chi connectivity index (χ1n) is 28.9. The Morgan fingerprint density at radius 2 is 0.882 bits per heavy atom. The van der Waals surface area contributed by atoms with E-state index in [9.17, 15) is 30.3 Å². The van der Waals surface area contributed by atoms with E-state index >= 15 is 0 Å². The number of hydrogen-bond acceptors (Lipinski definition) is 8. The van der Waals surface area contributed by atoms with Crippen LogP contribution in [0.25, 0.3) is 0 Å². The smallest absolute Gasteiger partial charge is 0.220 e. The highest BCUT2D eigenvalue weighted by Gasteiger charge is 2.44. The van der Waals surface area contributed by atoms with Gasteiger partial charge in [0.15, 0.2) is 6.29 Å². The van der Waals surface area contributed by atoms with Gasteiger partial charge < -0.3 is 40.3 Å². The maximum atomic E-state index is 13.1. The lowest BCUT2D eigenvalue weighted by Crippen LogP contribution is -2.60. The quantitative estimate of drug-likeness (QED) is 0.0261. The van der Waals surface area contributed by atoms with Gasteiger partial charge in [0.1, 0.15) is 24.4 Å². The molecular formula is C59H109NO8. The predicted octanol–water partition coefficient (Wildman–Crippen LogP) is 14.1. The number of aliphatic hydroxyl groups is 5. The Morgan fingerprint density at radius 1 is 0.500 bits per heavy atom. The van der Waals surface area contributed by atoms with Crippen molar-refractivity contribution < 1.29 is 39.8 Å². The summed E-state index contributed by atoms with van der Waals surface area (Å²) >= 11 is 0. The van der Waals surface area contributed by atoms with E-state index < -0.39 is 49.5 Å². The van der Waals surface area contributed by atoms with E-state index in [0.29, 0.717) is 6.42 Å². The first-order chi connectivity index (χ1) is 33.3. The van der Waals surface area contributed by atoms with Crippen LogP contribution in [0.15, 0.2) is 48.6 Å². The number of amides is 1. The van der Waals surface area contributed by atoms with Gasteiger partial charge >= 0.3 is 0 Å². The number of carbonyl (C=O) groups excluding carboxylic acids is 1. The second kappa shape index (κ2) is 48.8. The highest BCUT2D eigenvalue weighted by Crippen LogP contribution is 2.23. The van der Waals surface area contributed by atoms with Crippen LogP contribution in [0.1, 0.15) is 264 Å². The van der Waals surface area contributed by atoms with E-state index in [1.54, 1.807) is 6.08 Å². The molecule has 9 heteroatoms. The summed E-state index contributed by atoms with van der Waals surface area (Å²) in [6.45, 7) is 3.77. The molecule has 7 atom stereocenters. The topological polar surface area (TPSA) is 149 Å². The van der Waals surface area contributed by atoms with Crippen molar-refractivity contribution >= 4 is 5.91 Å². The Bertz CT molecular complexity index is 1210. The van der Waals surface area contributed by atoms with Crippen molar-refractivity contribution in [3.8, 4) is 0 Å². The lowest BCUT2D eigenvalue weighted by Gasteiger charge is -2.40. The Kier molecular flexibility index (Phi) is 46.0. The normalized spacial score (nSPS) is 19.9. The highest BCUT2D eigenvalue weighted by atomic mass is 16.7. The molecule has 6 N–H and O–H groups in total. The molecule has 9 nitrogen and oxygen atoms in total. The Labute approximate surface area is 418 Å². The zero-order valence-corrected chi connectivity index (χ0v) is 44.1. The number of hydrogen-bond donors (Lipinski definition) is 6. The van der Waals surface area contributed by atoms with Gasteiger partial charge in [-0.2, -0.15) is 0 Å². The summed E-state index contributed by atoms with van der Waals surface area (Å²) in [7, 11) is 0. The van der Waals surface area contributed by atoms with Gasteiger partial charge in [0.05, 0.1) is 25.4 Å². The van der Waals surface area contributed by atoms with Gasteiger partial charge in [0.2, 0.25) is 5.91 Å². The molecule has 1 aliphatic rings. The Hall–Kier alpha value is -1.85. The summed E-state index contributed by atoms with van der Waals surface area (Å²) in [5.41, 5.74) is 0. The summed E-state index contributed by atoms with van der Waals surface area (Å²) < 4.78 is 11.3. The molecule has 1 saturated heterocycles. The van der Waals surface area contributed by atoms with Gasteiger partial charge in [-0.05, 0) is 64.2 Å². The van der Waals surface area contributed by atoms with Crippen LogP contribution in [0.5, 0.6) is 0 Å². The number of rotatable bonds is 49. The fraction of sp³-hybridized carbons (Fsp3) is 0.847. The largest absolute Gasteiger partial charge is 0.394 e. The zero-order chi connectivity index (χ0) is 49.4. The molecule has 0 radical (unpaired) electrons. The number of nitrogens with one attached hydrogen (secondary N) is 1. The molecule has 1 rings (SSSR count). The zero-order valence-electron chi connectivity index (χ0n) is 44.1. The van der Waals surface area contributed by atoms with Gasteiger partial charge in [-0.3, -0.25) is 4.79 Å². The van der Waals surface area contributed by atoms with Crippen LogP contribution in [-0.2, 0) is 14.3 Å². The minimum absolute atomic E-state index is 0.186. The Morgan fingerprint density at radius 3 is 1.32 bits per heavy atom. The van der Waals surface area contributed by atoms with Crippen LogP contribution in [0, 0.1) is 0 Å². The highest BCUT2D eigenvalue weighted by molar-refractivity contribution is 5.76. The fourth-order valence-electron chi connectivity index (χ4n) is 9.03. The number of aliphatic hydroxyl groups excluding tert-OH is 5. The Balaban J connectivity index is 2.25. The molecule has 0 aliphatic carbocycles. The van der Waals surface area contributed by atoms with Crippen LogP contribution in [-0.4, -0.2) is 87.5 Å². The molecule has 0 bridgehead atoms. The summed E-state index contributed by atoms with van der Waals surface area (Å²) in [4.78, 5) is 13.1. The first kappa shape index (κ1) is 64.2. The van der Waals surface area contributed by atoms with Gasteiger partial charge in [0.25, 0.3) is 0 Å². The molecule has 0 aromatic carbocycles. The average molecular weight is 961 g/mol. The second-order valence-electron chi connectivity index (χ2n) is 20.1. The van der Waals surface area contributed by atoms with Crippen LogP contribution < -0.4 is 5.32 Å². The molecule has 0 saturated carbocycles. The van der Waals surface area contributed by atoms with Gasteiger partial charge in [-0.1, -0.05) is 242 Å². The third kappa shape index (κ3) is 37.9. The minimum Gasteiger partial charge on any atom is -0.394 e. The average Bonchev–Trinajstić information content (AvgIpc) is 3.34. The summed E-state index contributed by atoms with van der Waals surface area (Å²) in [6.07, 6.45) is 57.4. The first-order valence-corrected chi connectivity index (χ1v) is 28.9. The van der Waals surface area contributed by atoms with Crippen molar-refractivity contribution in [1.82, 2.24) is 5.32 Å². The van der Waals surface area contributed by atoms with Crippen LogP contribution >= 0.6 is 0 Å². The van der Waals surface area contributed by atoms with Crippen molar-refractivity contribution in [2.45, 2.75) is 307 Å². The molecule has 1 aliphatic heterocycles. The van der Waals surface area contributed by atoms with Crippen molar-refractivity contribution in [2.24, 2.45) is 0 Å². The SMILES string of the molecule is CCCCCCC/C=C\C/C=C\CCCCCCCCCCCCCCCC(=O)NC(COC1OC(CO)C(O)C(O)C1O)C(O)/C=C/CC/C=C/CCCCCCCCCCCCCCCC. The molecule has 7 unspecified atom stereocenters. The molecule has 0 spiro atoms. The van der Waals surface area contributed by atoms with E-state index in [1.807, 2.05) is 6.08 Å². The van der Waals surface area contributed by atoms with Crippen LogP contribution in [0.4, 0.5) is 0 Å². The van der Waals surface area contributed by atoms with Crippen molar-refractivity contribution in [2.75, 3.05) is 13.2 Å². The number of unbranched alkanes of at least 4 members (excludes halogenated alkanes) is 33. The van der Waals surface area contributed by atoms with E-state index in [2.05, 4.69) is 55.6 Å². The maximum Gasteiger partial charge on any atom is 0.220 e. The summed E-state index contributed by atoms with van der Waals surface area (Å²) in [5.74, 6) is -0.186. The maximum absolute atomic E-state index is 13.1. The molecule has 0 aromatic heterocycles. The summed E-state index contributed by atoms with van der Waals surface area (Å²) in [6, 6.07) is -0.823. The molecule has 1 amide bonds. The number of carbonyl (C=O) groups is 1. The lowest BCUT2D eigenvalue weighted by atomic mass is 9.99. The van der Waals surface area contributed by atoms with E-state index in [1.165, 1.54) is 199 Å². The second-order valence-corrected chi connectivity index (χ2v) is 20.1. The third-order valence-corrected chi connectivity index (χ3v) is 13.6. The summed E-state index contributed by atoms with van der Waals surface area (Å²) in [5, 5.41) is 54.5. The van der Waals surface area contributed by atoms with Crippen molar-refractivity contribution in [3.05, 3.63) is 48.6 Å². The van der Waals surface area contributed by atoms with E-state index in [4.69, 9.17) is 9.47 Å². The number of allylic oxidation sites excluding steroid dienone is 7. The third-order valence-electron chi connectivity index (χ3n) is 13.6. The molecule has 1 fully saturated rings. The van der Waals surface area contributed by atoms with E-state index in [0.717, 1.165) is 44.9 Å². The molecule has 1 heterocycles. The van der Waals surface area contributed by atoms with Crippen molar-refractivity contribution in [3.63, 3.8) is 0 Å². The van der Waals surface area contributed by atoms with Crippen molar-refractivity contribution in [1.29, 1.82) is 0 Å². The monoisotopic (exact) mass is 960 g/mol. The van der Waals surface area contributed by atoms with Gasteiger partial charge in [0, 0.05) is 6.42 Å². The standard InChI is InChI=1S/C59H109NO8/c1-3-5-7-9-11-13-15-17-19-21-23-25-26-27-28-29-31-33-35-37-39-41-43-45-47-49-55(63)60-52(51-67-59-58(66)57(65)56(64)54(50-61)68-59)53(62)48-46-44-42-40-38-36-34-32-30-24-22-20-18-16-14-12-10-8-6-4-2/h15,17,21,23,38,40,46,48,52-54,56-59,61-62,64-66H,3-14,16,18-20,22,24-37,39,41-45,47,49-51H2,1-2H3,(H,60,63)/b17-15-,23-21-,40-38+,48-46+. The fourth-order valence-corrected chi connectivity index (χ4v) is 9.03. The predicted molar refractivity (Wildman–Crippen MR) is 286 cm³/mol.